The van der Waals surface area contributed by atoms with Gasteiger partial charge in [0.2, 0.25) is 0 Å². The maximum atomic E-state index is 4.53. The molecule has 2 rings (SSSR count). The van der Waals surface area contributed by atoms with Crippen LogP contribution in [0.1, 0.15) is 36.7 Å². The standard InChI is InChI=1S/C14H21N5/c1-4-6-16-13(10-14-17-8-9-19(14)3)12-5-7-15-11(2)18-12/h5,7-9,13,16H,4,6,10H2,1-3H3. The van der Waals surface area contributed by atoms with E-state index in [4.69, 9.17) is 0 Å². The van der Waals surface area contributed by atoms with Crippen LogP contribution in [0.25, 0.3) is 0 Å². The maximum Gasteiger partial charge on any atom is 0.125 e. The molecule has 2 aromatic heterocycles. The van der Waals surface area contributed by atoms with Gasteiger partial charge in [-0.2, -0.15) is 0 Å². The number of nitrogens with one attached hydrogen (secondary N) is 1. The summed E-state index contributed by atoms with van der Waals surface area (Å²) in [5.41, 5.74) is 1.03. The molecule has 0 bridgehead atoms. The van der Waals surface area contributed by atoms with Gasteiger partial charge in [0, 0.05) is 32.1 Å². The molecule has 102 valence electrons. The van der Waals surface area contributed by atoms with Crippen LogP contribution in [0.15, 0.2) is 24.7 Å². The zero-order chi connectivity index (χ0) is 13.7. The van der Waals surface area contributed by atoms with E-state index in [2.05, 4.69) is 31.8 Å². The van der Waals surface area contributed by atoms with Gasteiger partial charge in [-0.3, -0.25) is 0 Å². The Balaban J connectivity index is 2.18. The van der Waals surface area contributed by atoms with Crippen molar-refractivity contribution in [2.75, 3.05) is 6.54 Å². The summed E-state index contributed by atoms with van der Waals surface area (Å²) >= 11 is 0. The molecule has 0 aliphatic heterocycles. The first kappa shape index (κ1) is 13.7. The summed E-state index contributed by atoms with van der Waals surface area (Å²) in [4.78, 5) is 13.1. The largest absolute Gasteiger partial charge is 0.338 e. The minimum atomic E-state index is 0.183. The number of aryl methyl sites for hydroxylation is 2. The highest BCUT2D eigenvalue weighted by molar-refractivity contribution is 5.10. The van der Waals surface area contributed by atoms with Gasteiger partial charge in [-0.15, -0.1) is 0 Å². The van der Waals surface area contributed by atoms with E-state index in [9.17, 15) is 0 Å². The zero-order valence-electron chi connectivity index (χ0n) is 11.8. The Morgan fingerprint density at radius 1 is 1.32 bits per heavy atom. The first-order valence-corrected chi connectivity index (χ1v) is 6.69. The van der Waals surface area contributed by atoms with E-state index in [-0.39, 0.29) is 6.04 Å². The normalized spacial score (nSPS) is 12.6. The topological polar surface area (TPSA) is 55.6 Å². The fraction of sp³-hybridized carbons (Fsp3) is 0.500. The Morgan fingerprint density at radius 2 is 2.16 bits per heavy atom. The number of aromatic nitrogens is 4. The molecule has 0 radical (unpaired) electrons. The van der Waals surface area contributed by atoms with Gasteiger partial charge in [0.25, 0.3) is 0 Å². The molecule has 0 saturated carbocycles. The number of imidazole rings is 1. The van der Waals surface area contributed by atoms with Crippen molar-refractivity contribution in [3.63, 3.8) is 0 Å². The van der Waals surface area contributed by atoms with E-state index in [0.29, 0.717) is 0 Å². The summed E-state index contributed by atoms with van der Waals surface area (Å²) in [5, 5.41) is 3.53. The number of hydrogen-bond donors (Lipinski definition) is 1. The Hall–Kier alpha value is -1.75. The first-order chi connectivity index (χ1) is 9.20. The number of rotatable bonds is 6. The van der Waals surface area contributed by atoms with Crippen LogP contribution >= 0.6 is 0 Å². The molecule has 0 spiro atoms. The van der Waals surface area contributed by atoms with Crippen molar-refractivity contribution < 1.29 is 0 Å². The molecule has 1 atom stereocenters. The molecule has 0 aliphatic carbocycles. The second kappa shape index (κ2) is 6.43. The van der Waals surface area contributed by atoms with Gasteiger partial charge >= 0.3 is 0 Å². The molecule has 1 N–H and O–H groups in total. The van der Waals surface area contributed by atoms with Gasteiger partial charge in [-0.05, 0) is 26.0 Å². The summed E-state index contributed by atoms with van der Waals surface area (Å²) in [5.74, 6) is 1.87. The molecular formula is C14H21N5. The molecule has 2 heterocycles. The lowest BCUT2D eigenvalue weighted by Gasteiger charge is -2.18. The van der Waals surface area contributed by atoms with Crippen molar-refractivity contribution >= 4 is 0 Å². The third-order valence-electron chi connectivity index (χ3n) is 3.10. The molecule has 0 fully saturated rings. The summed E-state index contributed by atoms with van der Waals surface area (Å²) in [6.07, 6.45) is 7.55. The minimum Gasteiger partial charge on any atom is -0.338 e. The summed E-state index contributed by atoms with van der Waals surface area (Å²) in [6, 6.07) is 2.16. The fourth-order valence-corrected chi connectivity index (χ4v) is 2.04. The Labute approximate surface area is 114 Å². The Morgan fingerprint density at radius 3 is 2.79 bits per heavy atom. The molecule has 19 heavy (non-hydrogen) atoms. The Bertz CT molecular complexity index is 520. The third kappa shape index (κ3) is 3.61. The van der Waals surface area contributed by atoms with Gasteiger partial charge in [-0.25, -0.2) is 15.0 Å². The highest BCUT2D eigenvalue weighted by Crippen LogP contribution is 2.15. The van der Waals surface area contributed by atoms with Gasteiger partial charge in [0.05, 0.1) is 11.7 Å². The summed E-state index contributed by atoms with van der Waals surface area (Å²) < 4.78 is 2.05. The third-order valence-corrected chi connectivity index (χ3v) is 3.10. The van der Waals surface area contributed by atoms with E-state index < -0.39 is 0 Å². The van der Waals surface area contributed by atoms with Crippen molar-refractivity contribution in [1.29, 1.82) is 0 Å². The van der Waals surface area contributed by atoms with Crippen LogP contribution in [0.2, 0.25) is 0 Å². The fourth-order valence-electron chi connectivity index (χ4n) is 2.04. The monoisotopic (exact) mass is 259 g/mol. The van der Waals surface area contributed by atoms with E-state index in [1.54, 1.807) is 0 Å². The van der Waals surface area contributed by atoms with Crippen molar-refractivity contribution in [2.24, 2.45) is 7.05 Å². The molecule has 0 saturated heterocycles. The van der Waals surface area contributed by atoms with Crippen LogP contribution in [0.5, 0.6) is 0 Å². The molecule has 0 amide bonds. The predicted molar refractivity (Wildman–Crippen MR) is 74.7 cm³/mol. The van der Waals surface area contributed by atoms with E-state index in [0.717, 1.165) is 36.7 Å². The van der Waals surface area contributed by atoms with E-state index in [1.807, 2.05) is 38.6 Å². The van der Waals surface area contributed by atoms with Crippen LogP contribution in [0.3, 0.4) is 0 Å². The number of nitrogens with zero attached hydrogens (tertiary/aromatic N) is 4. The summed E-state index contributed by atoms with van der Waals surface area (Å²) in [6.45, 7) is 5.05. The first-order valence-electron chi connectivity index (χ1n) is 6.69. The lowest BCUT2D eigenvalue weighted by Crippen LogP contribution is -2.26. The van der Waals surface area contributed by atoms with Crippen molar-refractivity contribution in [1.82, 2.24) is 24.8 Å². The lowest BCUT2D eigenvalue weighted by atomic mass is 10.1. The molecule has 5 heteroatoms. The van der Waals surface area contributed by atoms with Crippen molar-refractivity contribution in [3.05, 3.63) is 42.0 Å². The highest BCUT2D eigenvalue weighted by atomic mass is 15.0. The molecule has 5 nitrogen and oxygen atoms in total. The quantitative estimate of drug-likeness (QED) is 0.859. The second-order valence-corrected chi connectivity index (χ2v) is 4.69. The lowest BCUT2D eigenvalue weighted by molar-refractivity contribution is 0.499. The maximum absolute atomic E-state index is 4.53. The van der Waals surface area contributed by atoms with Crippen LogP contribution in [-0.4, -0.2) is 26.1 Å². The van der Waals surface area contributed by atoms with Crippen LogP contribution < -0.4 is 5.32 Å². The molecule has 1 unspecified atom stereocenters. The van der Waals surface area contributed by atoms with Gasteiger partial charge < -0.3 is 9.88 Å². The average Bonchev–Trinajstić information content (AvgIpc) is 2.80. The Kier molecular flexibility index (Phi) is 4.63. The van der Waals surface area contributed by atoms with Gasteiger partial charge in [0.1, 0.15) is 11.6 Å². The van der Waals surface area contributed by atoms with E-state index >= 15 is 0 Å². The smallest absolute Gasteiger partial charge is 0.125 e. The van der Waals surface area contributed by atoms with Crippen LogP contribution in [-0.2, 0) is 13.5 Å². The zero-order valence-corrected chi connectivity index (χ0v) is 11.8. The SMILES string of the molecule is CCCNC(Cc1nccn1C)c1ccnc(C)n1. The van der Waals surface area contributed by atoms with Gasteiger partial charge in [-0.1, -0.05) is 6.92 Å². The highest BCUT2D eigenvalue weighted by Gasteiger charge is 2.15. The molecule has 0 aromatic carbocycles. The predicted octanol–water partition coefficient (Wildman–Crippen LogP) is 1.80. The minimum absolute atomic E-state index is 0.183. The van der Waals surface area contributed by atoms with Crippen molar-refractivity contribution in [2.45, 2.75) is 32.7 Å². The second-order valence-electron chi connectivity index (χ2n) is 4.69. The van der Waals surface area contributed by atoms with Crippen LogP contribution in [0.4, 0.5) is 0 Å². The van der Waals surface area contributed by atoms with Crippen LogP contribution in [0, 0.1) is 6.92 Å². The number of hydrogen-bond acceptors (Lipinski definition) is 4. The molecular weight excluding hydrogens is 238 g/mol. The average molecular weight is 259 g/mol. The molecule has 0 aliphatic rings. The summed E-state index contributed by atoms with van der Waals surface area (Å²) in [7, 11) is 2.02. The van der Waals surface area contributed by atoms with Crippen molar-refractivity contribution in [3.8, 4) is 0 Å². The molecule has 2 aromatic rings. The van der Waals surface area contributed by atoms with Gasteiger partial charge in [0.15, 0.2) is 0 Å². The van der Waals surface area contributed by atoms with E-state index in [1.165, 1.54) is 0 Å².